The Kier molecular flexibility index (Phi) is 6.90. The van der Waals surface area contributed by atoms with Crippen LogP contribution in [0.5, 0.6) is 0 Å². The second-order valence-electron chi connectivity index (χ2n) is 3.13. The normalized spacial score (nSPS) is 12.0. The summed E-state index contributed by atoms with van der Waals surface area (Å²) in [5.41, 5.74) is 4.92. The van der Waals surface area contributed by atoms with Crippen molar-refractivity contribution in [3.8, 4) is 0 Å². The minimum absolute atomic E-state index is 0.445. The molecule has 0 bridgehead atoms. The van der Waals surface area contributed by atoms with Gasteiger partial charge in [0, 0.05) is 5.75 Å². The van der Waals surface area contributed by atoms with Crippen molar-refractivity contribution in [3.63, 3.8) is 0 Å². The Balaban J connectivity index is 3.45. The summed E-state index contributed by atoms with van der Waals surface area (Å²) < 4.78 is 0. The first-order valence-corrected chi connectivity index (χ1v) is 5.84. The molecule has 3 heteroatoms. The minimum Gasteiger partial charge on any atom is -0.389 e. The summed E-state index contributed by atoms with van der Waals surface area (Å²) in [7, 11) is 0. The van der Waals surface area contributed by atoms with Crippen LogP contribution in [0, 0.1) is 0 Å². The van der Waals surface area contributed by atoms with E-state index in [4.69, 9.17) is 5.73 Å². The van der Waals surface area contributed by atoms with E-state index < -0.39 is 5.60 Å². The quantitative estimate of drug-likeness (QED) is 0.601. The second-order valence-corrected chi connectivity index (χ2v) is 4.23. The van der Waals surface area contributed by atoms with Gasteiger partial charge in [0.15, 0.2) is 0 Å². The summed E-state index contributed by atoms with van der Waals surface area (Å²) in [6.07, 6.45) is 2.74. The highest BCUT2D eigenvalue weighted by molar-refractivity contribution is 7.99. The maximum Gasteiger partial charge on any atom is 0.0732 e. The minimum atomic E-state index is -0.445. The van der Waals surface area contributed by atoms with Crippen LogP contribution in [0.4, 0.5) is 0 Å². The predicted molar refractivity (Wildman–Crippen MR) is 56.5 cm³/mol. The molecule has 0 atom stereocenters. The number of hydrogen-bond acceptors (Lipinski definition) is 3. The molecule has 0 aromatic carbocycles. The number of thioether (sulfide) groups is 1. The summed E-state index contributed by atoms with van der Waals surface area (Å²) in [5, 5.41) is 9.88. The van der Waals surface area contributed by atoms with Crippen LogP contribution in [0.15, 0.2) is 0 Å². The molecule has 0 amide bonds. The zero-order valence-electron chi connectivity index (χ0n) is 8.18. The molecule has 0 fully saturated rings. The summed E-state index contributed by atoms with van der Waals surface area (Å²) in [6.45, 7) is 4.82. The number of rotatable bonds is 7. The van der Waals surface area contributed by atoms with Crippen molar-refractivity contribution in [1.29, 1.82) is 0 Å². The van der Waals surface area contributed by atoms with Gasteiger partial charge >= 0.3 is 0 Å². The Morgan fingerprint density at radius 2 is 1.92 bits per heavy atom. The lowest BCUT2D eigenvalue weighted by atomic mass is 10.0. The number of hydrogen-bond donors (Lipinski definition) is 2. The zero-order valence-corrected chi connectivity index (χ0v) is 8.99. The summed E-state index contributed by atoms with van der Waals surface area (Å²) >= 11 is 1.80. The molecule has 0 spiro atoms. The molecule has 0 aliphatic carbocycles. The Morgan fingerprint density at radius 1 is 1.33 bits per heavy atom. The van der Waals surface area contributed by atoms with Gasteiger partial charge in [-0.15, -0.1) is 0 Å². The van der Waals surface area contributed by atoms with Crippen LogP contribution in [-0.4, -0.2) is 28.8 Å². The molecule has 0 saturated heterocycles. The van der Waals surface area contributed by atoms with E-state index in [9.17, 15) is 5.11 Å². The molecule has 12 heavy (non-hydrogen) atoms. The van der Waals surface area contributed by atoms with Gasteiger partial charge in [-0.1, -0.05) is 13.8 Å². The highest BCUT2D eigenvalue weighted by Gasteiger charge is 2.21. The Hall–Kier alpha value is 0.270. The maximum atomic E-state index is 9.88. The molecule has 2 nitrogen and oxygen atoms in total. The molecular weight excluding hydrogens is 170 g/mol. The van der Waals surface area contributed by atoms with Gasteiger partial charge in [0.25, 0.3) is 0 Å². The molecule has 0 aromatic rings. The molecule has 0 aliphatic rings. The van der Waals surface area contributed by atoms with E-state index in [0.717, 1.165) is 37.3 Å². The van der Waals surface area contributed by atoms with Crippen molar-refractivity contribution in [2.75, 3.05) is 18.1 Å². The van der Waals surface area contributed by atoms with Crippen LogP contribution in [0.3, 0.4) is 0 Å². The van der Waals surface area contributed by atoms with E-state index in [1.807, 2.05) is 13.8 Å². The molecule has 74 valence electrons. The van der Waals surface area contributed by atoms with Gasteiger partial charge in [-0.05, 0) is 31.6 Å². The van der Waals surface area contributed by atoms with Crippen LogP contribution in [0.25, 0.3) is 0 Å². The lowest BCUT2D eigenvalue weighted by molar-refractivity contribution is 0.0572. The largest absolute Gasteiger partial charge is 0.389 e. The fourth-order valence-electron chi connectivity index (χ4n) is 0.902. The standard InChI is InChI=1S/C9H21NOS/c1-3-9(11,4-2)8-12-7-5-6-10/h11H,3-8,10H2,1-2H3. The number of aliphatic hydroxyl groups is 1. The molecule has 0 aromatic heterocycles. The van der Waals surface area contributed by atoms with Crippen molar-refractivity contribution < 1.29 is 5.11 Å². The average molecular weight is 191 g/mol. The van der Waals surface area contributed by atoms with E-state index in [1.54, 1.807) is 11.8 Å². The molecule has 0 heterocycles. The summed E-state index contributed by atoms with van der Waals surface area (Å²) in [6, 6.07) is 0. The van der Waals surface area contributed by atoms with E-state index in [2.05, 4.69) is 0 Å². The fraction of sp³-hybridized carbons (Fsp3) is 1.00. The monoisotopic (exact) mass is 191 g/mol. The average Bonchev–Trinajstić information content (AvgIpc) is 2.12. The second kappa shape index (κ2) is 6.75. The van der Waals surface area contributed by atoms with Crippen LogP contribution < -0.4 is 5.73 Å². The molecule has 0 aliphatic heterocycles. The highest BCUT2D eigenvalue weighted by atomic mass is 32.2. The van der Waals surface area contributed by atoms with Crippen LogP contribution in [0.2, 0.25) is 0 Å². The van der Waals surface area contributed by atoms with E-state index in [1.165, 1.54) is 0 Å². The summed E-state index contributed by atoms with van der Waals surface area (Å²) in [4.78, 5) is 0. The van der Waals surface area contributed by atoms with E-state index in [0.29, 0.717) is 0 Å². The van der Waals surface area contributed by atoms with Crippen molar-refractivity contribution in [1.82, 2.24) is 0 Å². The van der Waals surface area contributed by atoms with Crippen molar-refractivity contribution >= 4 is 11.8 Å². The Bertz CT molecular complexity index is 105. The van der Waals surface area contributed by atoms with Gasteiger partial charge < -0.3 is 10.8 Å². The van der Waals surface area contributed by atoms with Crippen molar-refractivity contribution in [3.05, 3.63) is 0 Å². The van der Waals surface area contributed by atoms with Crippen LogP contribution >= 0.6 is 11.8 Å². The van der Waals surface area contributed by atoms with Gasteiger partial charge in [-0.2, -0.15) is 11.8 Å². The third-order valence-corrected chi connectivity index (χ3v) is 3.50. The fourth-order valence-corrected chi connectivity index (χ4v) is 2.21. The summed E-state index contributed by atoms with van der Waals surface area (Å²) in [5.74, 6) is 1.92. The molecular formula is C9H21NOS. The molecule has 0 rings (SSSR count). The highest BCUT2D eigenvalue weighted by Crippen LogP contribution is 2.20. The SMILES string of the molecule is CCC(O)(CC)CSCCCN. The van der Waals surface area contributed by atoms with Gasteiger partial charge in [-0.25, -0.2) is 0 Å². The molecule has 3 N–H and O–H groups in total. The van der Waals surface area contributed by atoms with Gasteiger partial charge in [0.2, 0.25) is 0 Å². The molecule has 0 radical (unpaired) electrons. The molecule has 0 unspecified atom stereocenters. The van der Waals surface area contributed by atoms with Crippen molar-refractivity contribution in [2.45, 2.75) is 38.7 Å². The van der Waals surface area contributed by atoms with Crippen LogP contribution in [0.1, 0.15) is 33.1 Å². The third-order valence-electron chi connectivity index (χ3n) is 2.18. The number of nitrogens with two attached hydrogens (primary N) is 1. The van der Waals surface area contributed by atoms with Crippen molar-refractivity contribution in [2.24, 2.45) is 5.73 Å². The third kappa shape index (κ3) is 5.01. The van der Waals surface area contributed by atoms with E-state index in [-0.39, 0.29) is 0 Å². The first-order valence-electron chi connectivity index (χ1n) is 4.68. The van der Waals surface area contributed by atoms with Gasteiger partial charge in [0.1, 0.15) is 0 Å². The van der Waals surface area contributed by atoms with Gasteiger partial charge in [-0.3, -0.25) is 0 Å². The lowest BCUT2D eigenvalue weighted by Crippen LogP contribution is -2.29. The topological polar surface area (TPSA) is 46.2 Å². The predicted octanol–water partition coefficient (Wildman–Crippen LogP) is 1.62. The molecule has 0 saturated carbocycles. The Labute approximate surface area is 79.9 Å². The first-order chi connectivity index (χ1) is 5.68. The lowest BCUT2D eigenvalue weighted by Gasteiger charge is -2.24. The van der Waals surface area contributed by atoms with E-state index >= 15 is 0 Å². The van der Waals surface area contributed by atoms with Crippen LogP contribution in [-0.2, 0) is 0 Å². The maximum absolute atomic E-state index is 9.88. The first kappa shape index (κ1) is 12.3. The zero-order chi connectivity index (χ0) is 9.45. The Morgan fingerprint density at radius 3 is 2.33 bits per heavy atom. The smallest absolute Gasteiger partial charge is 0.0732 e. The van der Waals surface area contributed by atoms with Gasteiger partial charge in [0.05, 0.1) is 5.60 Å².